The molecule has 0 aromatic carbocycles. The predicted molar refractivity (Wildman–Crippen MR) is 62.8 cm³/mol. The van der Waals surface area contributed by atoms with Crippen molar-refractivity contribution < 1.29 is 4.79 Å². The highest BCUT2D eigenvalue weighted by molar-refractivity contribution is 5.76. The lowest BCUT2D eigenvalue weighted by molar-refractivity contribution is -0.122. The molecule has 1 aromatic rings. The van der Waals surface area contributed by atoms with Crippen LogP contribution in [0.1, 0.15) is 25.7 Å². The van der Waals surface area contributed by atoms with E-state index in [-0.39, 0.29) is 11.8 Å². The van der Waals surface area contributed by atoms with Crippen LogP contribution >= 0.6 is 0 Å². The number of nitrogens with one attached hydrogen (secondary N) is 1. The Morgan fingerprint density at radius 2 is 2.06 bits per heavy atom. The number of pyridine rings is 1. The molecule has 4 nitrogen and oxygen atoms in total. The van der Waals surface area contributed by atoms with E-state index in [1.807, 2.05) is 18.2 Å². The van der Waals surface area contributed by atoms with E-state index in [1.165, 1.54) is 0 Å². The molecule has 16 heavy (non-hydrogen) atoms. The van der Waals surface area contributed by atoms with Gasteiger partial charge in [-0.2, -0.15) is 0 Å². The lowest BCUT2D eigenvalue weighted by Crippen LogP contribution is -2.32. The molecule has 0 aliphatic heterocycles. The van der Waals surface area contributed by atoms with Crippen LogP contribution in [-0.2, 0) is 4.79 Å². The molecule has 1 saturated carbocycles. The minimum absolute atomic E-state index is 0.0711. The summed E-state index contributed by atoms with van der Waals surface area (Å²) in [6.07, 6.45) is 5.53. The SMILES string of the molecule is NC(=O)C1CCC(Nc2ccccn2)CC1. The van der Waals surface area contributed by atoms with Crippen molar-refractivity contribution in [2.75, 3.05) is 5.32 Å². The molecule has 4 heteroatoms. The van der Waals surface area contributed by atoms with Crippen molar-refractivity contribution in [3.05, 3.63) is 24.4 Å². The summed E-state index contributed by atoms with van der Waals surface area (Å²) in [4.78, 5) is 15.2. The third kappa shape index (κ3) is 2.72. The number of hydrogen-bond acceptors (Lipinski definition) is 3. The summed E-state index contributed by atoms with van der Waals surface area (Å²) >= 11 is 0. The van der Waals surface area contributed by atoms with Crippen molar-refractivity contribution in [3.8, 4) is 0 Å². The van der Waals surface area contributed by atoms with Crippen molar-refractivity contribution in [3.63, 3.8) is 0 Å². The number of nitrogens with zero attached hydrogens (tertiary/aromatic N) is 1. The molecule has 0 bridgehead atoms. The van der Waals surface area contributed by atoms with E-state index >= 15 is 0 Å². The highest BCUT2D eigenvalue weighted by Crippen LogP contribution is 2.25. The highest BCUT2D eigenvalue weighted by atomic mass is 16.1. The third-order valence-electron chi connectivity index (χ3n) is 3.15. The molecule has 0 atom stereocenters. The van der Waals surface area contributed by atoms with Crippen molar-refractivity contribution in [1.29, 1.82) is 0 Å². The van der Waals surface area contributed by atoms with Crippen LogP contribution in [-0.4, -0.2) is 16.9 Å². The summed E-state index contributed by atoms with van der Waals surface area (Å²) in [6.45, 7) is 0. The van der Waals surface area contributed by atoms with Crippen LogP contribution < -0.4 is 11.1 Å². The first kappa shape index (κ1) is 10.9. The fourth-order valence-corrected chi connectivity index (χ4v) is 2.18. The van der Waals surface area contributed by atoms with Gasteiger partial charge in [0.05, 0.1) is 0 Å². The van der Waals surface area contributed by atoms with E-state index in [2.05, 4.69) is 10.3 Å². The Morgan fingerprint density at radius 1 is 1.31 bits per heavy atom. The molecule has 86 valence electrons. The van der Waals surface area contributed by atoms with Gasteiger partial charge in [-0.3, -0.25) is 4.79 Å². The molecule has 1 aliphatic carbocycles. The van der Waals surface area contributed by atoms with Gasteiger partial charge in [0, 0.05) is 18.2 Å². The monoisotopic (exact) mass is 219 g/mol. The maximum atomic E-state index is 11.0. The van der Waals surface area contributed by atoms with E-state index in [0.717, 1.165) is 31.5 Å². The molecule has 0 radical (unpaired) electrons. The number of hydrogen-bond donors (Lipinski definition) is 2. The Bertz CT molecular complexity index is 345. The van der Waals surface area contributed by atoms with Crippen molar-refractivity contribution in [1.82, 2.24) is 4.98 Å². The smallest absolute Gasteiger partial charge is 0.220 e. The lowest BCUT2D eigenvalue weighted by Gasteiger charge is -2.27. The Morgan fingerprint density at radius 3 is 2.62 bits per heavy atom. The van der Waals surface area contributed by atoms with E-state index in [4.69, 9.17) is 5.73 Å². The van der Waals surface area contributed by atoms with Gasteiger partial charge in [-0.15, -0.1) is 0 Å². The zero-order chi connectivity index (χ0) is 11.4. The van der Waals surface area contributed by atoms with E-state index < -0.39 is 0 Å². The Hall–Kier alpha value is -1.58. The zero-order valence-electron chi connectivity index (χ0n) is 9.23. The van der Waals surface area contributed by atoms with Crippen LogP contribution in [0, 0.1) is 5.92 Å². The molecular formula is C12H17N3O. The van der Waals surface area contributed by atoms with Gasteiger partial charge in [-0.25, -0.2) is 4.98 Å². The van der Waals surface area contributed by atoms with Crippen LogP contribution in [0.4, 0.5) is 5.82 Å². The van der Waals surface area contributed by atoms with Crippen LogP contribution in [0.3, 0.4) is 0 Å². The number of amides is 1. The Kier molecular flexibility index (Phi) is 3.39. The lowest BCUT2D eigenvalue weighted by atomic mass is 9.85. The summed E-state index contributed by atoms with van der Waals surface area (Å²) in [7, 11) is 0. The summed E-state index contributed by atoms with van der Waals surface area (Å²) in [6, 6.07) is 6.24. The quantitative estimate of drug-likeness (QED) is 0.810. The van der Waals surface area contributed by atoms with Crippen LogP contribution in [0.5, 0.6) is 0 Å². The number of rotatable bonds is 3. The molecule has 1 amide bonds. The molecule has 1 heterocycles. The Labute approximate surface area is 95.3 Å². The number of anilines is 1. The fraction of sp³-hybridized carbons (Fsp3) is 0.500. The normalized spacial score (nSPS) is 25.0. The average Bonchev–Trinajstić information content (AvgIpc) is 2.31. The topological polar surface area (TPSA) is 68.0 Å². The minimum atomic E-state index is -0.156. The maximum absolute atomic E-state index is 11.0. The molecular weight excluding hydrogens is 202 g/mol. The number of nitrogens with two attached hydrogens (primary N) is 1. The second-order valence-corrected chi connectivity index (χ2v) is 4.31. The summed E-state index contributed by atoms with van der Waals surface area (Å²) in [5, 5.41) is 3.38. The first-order valence-electron chi connectivity index (χ1n) is 5.72. The van der Waals surface area contributed by atoms with Gasteiger partial charge in [0.25, 0.3) is 0 Å². The first-order valence-corrected chi connectivity index (χ1v) is 5.72. The predicted octanol–water partition coefficient (Wildman–Crippen LogP) is 1.54. The second kappa shape index (κ2) is 4.96. The van der Waals surface area contributed by atoms with Gasteiger partial charge in [0.2, 0.25) is 5.91 Å². The van der Waals surface area contributed by atoms with Gasteiger partial charge in [-0.1, -0.05) is 6.07 Å². The fourth-order valence-electron chi connectivity index (χ4n) is 2.18. The zero-order valence-corrected chi connectivity index (χ0v) is 9.23. The summed E-state index contributed by atoms with van der Waals surface area (Å²) < 4.78 is 0. The van der Waals surface area contributed by atoms with Gasteiger partial charge >= 0.3 is 0 Å². The number of carbonyl (C=O) groups is 1. The van der Waals surface area contributed by atoms with Gasteiger partial charge in [-0.05, 0) is 37.8 Å². The first-order chi connectivity index (χ1) is 7.75. The van der Waals surface area contributed by atoms with Crippen LogP contribution in [0.25, 0.3) is 0 Å². The highest BCUT2D eigenvalue weighted by Gasteiger charge is 2.24. The van der Waals surface area contributed by atoms with Crippen molar-refractivity contribution >= 4 is 11.7 Å². The molecule has 0 unspecified atom stereocenters. The Balaban J connectivity index is 1.84. The molecule has 0 spiro atoms. The molecule has 3 N–H and O–H groups in total. The van der Waals surface area contributed by atoms with E-state index in [0.29, 0.717) is 6.04 Å². The molecule has 1 fully saturated rings. The van der Waals surface area contributed by atoms with Gasteiger partial charge in [0.15, 0.2) is 0 Å². The van der Waals surface area contributed by atoms with Crippen molar-refractivity contribution in [2.24, 2.45) is 11.7 Å². The van der Waals surface area contributed by atoms with E-state index in [1.54, 1.807) is 6.20 Å². The summed E-state index contributed by atoms with van der Waals surface area (Å²) in [5.74, 6) is 0.822. The number of primary amides is 1. The van der Waals surface area contributed by atoms with Crippen LogP contribution in [0.2, 0.25) is 0 Å². The van der Waals surface area contributed by atoms with Crippen LogP contribution in [0.15, 0.2) is 24.4 Å². The molecule has 2 rings (SSSR count). The standard InChI is InChI=1S/C12H17N3O/c13-12(16)9-4-6-10(7-5-9)15-11-3-1-2-8-14-11/h1-3,8-10H,4-7H2,(H2,13,16)(H,14,15). The largest absolute Gasteiger partial charge is 0.369 e. The molecule has 0 saturated heterocycles. The molecule has 1 aromatic heterocycles. The second-order valence-electron chi connectivity index (χ2n) is 4.31. The third-order valence-corrected chi connectivity index (χ3v) is 3.15. The average molecular weight is 219 g/mol. The van der Waals surface area contributed by atoms with E-state index in [9.17, 15) is 4.79 Å². The van der Waals surface area contributed by atoms with Gasteiger partial charge < -0.3 is 11.1 Å². The summed E-state index contributed by atoms with van der Waals surface area (Å²) in [5.41, 5.74) is 5.29. The maximum Gasteiger partial charge on any atom is 0.220 e. The minimum Gasteiger partial charge on any atom is -0.369 e. The van der Waals surface area contributed by atoms with Crippen molar-refractivity contribution in [2.45, 2.75) is 31.7 Å². The molecule has 1 aliphatic rings. The number of aromatic nitrogens is 1. The van der Waals surface area contributed by atoms with Gasteiger partial charge in [0.1, 0.15) is 5.82 Å². The number of carbonyl (C=O) groups excluding carboxylic acids is 1.